The number of carbonyl (C=O) groups excluding carboxylic acids is 1. The summed E-state index contributed by atoms with van der Waals surface area (Å²) in [6, 6.07) is 7.63. The van der Waals surface area contributed by atoms with E-state index in [1.807, 2.05) is 38.1 Å². The molecule has 96 valence electrons. The van der Waals surface area contributed by atoms with Gasteiger partial charge in [-0.25, -0.2) is 9.97 Å². The summed E-state index contributed by atoms with van der Waals surface area (Å²) in [4.78, 5) is 19.9. The van der Waals surface area contributed by atoms with Crippen molar-refractivity contribution in [2.24, 2.45) is 0 Å². The SMILES string of the molecule is Cc1cc(Nc2ccc3c(c2)C(C)NC3=O)ncn1. The molecular formula is C14H14N4O. The second-order valence-electron chi connectivity index (χ2n) is 4.67. The van der Waals surface area contributed by atoms with Crippen LogP contribution in [-0.4, -0.2) is 15.9 Å². The maximum atomic E-state index is 11.6. The number of hydrogen-bond acceptors (Lipinski definition) is 4. The van der Waals surface area contributed by atoms with E-state index in [1.165, 1.54) is 6.33 Å². The minimum absolute atomic E-state index is 0.00747. The van der Waals surface area contributed by atoms with E-state index < -0.39 is 0 Å². The number of carbonyl (C=O) groups is 1. The Hall–Kier alpha value is -2.43. The Kier molecular flexibility index (Phi) is 2.67. The van der Waals surface area contributed by atoms with E-state index in [2.05, 4.69) is 20.6 Å². The highest BCUT2D eigenvalue weighted by Crippen LogP contribution is 2.28. The predicted molar refractivity (Wildman–Crippen MR) is 72.4 cm³/mol. The summed E-state index contributed by atoms with van der Waals surface area (Å²) in [7, 11) is 0. The fourth-order valence-electron chi connectivity index (χ4n) is 2.23. The Bertz CT molecular complexity index is 654. The second kappa shape index (κ2) is 4.35. The first-order chi connectivity index (χ1) is 9.13. The monoisotopic (exact) mass is 254 g/mol. The molecule has 1 amide bonds. The van der Waals surface area contributed by atoms with Gasteiger partial charge in [0.2, 0.25) is 0 Å². The fraction of sp³-hybridized carbons (Fsp3) is 0.214. The number of aromatic nitrogens is 2. The molecule has 0 aliphatic carbocycles. The molecule has 3 rings (SSSR count). The summed E-state index contributed by atoms with van der Waals surface area (Å²) in [5, 5.41) is 6.11. The summed E-state index contributed by atoms with van der Waals surface area (Å²) in [5.74, 6) is 0.740. The molecule has 1 aliphatic heterocycles. The zero-order valence-electron chi connectivity index (χ0n) is 10.8. The van der Waals surface area contributed by atoms with E-state index in [0.717, 1.165) is 28.3 Å². The normalized spacial score (nSPS) is 16.9. The van der Waals surface area contributed by atoms with E-state index in [-0.39, 0.29) is 11.9 Å². The number of hydrogen-bond donors (Lipinski definition) is 2. The number of rotatable bonds is 2. The largest absolute Gasteiger partial charge is 0.345 e. The molecule has 2 aromatic rings. The molecule has 0 radical (unpaired) electrons. The summed E-state index contributed by atoms with van der Waals surface area (Å²) < 4.78 is 0. The van der Waals surface area contributed by atoms with Gasteiger partial charge in [0.05, 0.1) is 6.04 Å². The van der Waals surface area contributed by atoms with Gasteiger partial charge in [0.1, 0.15) is 12.1 Å². The molecule has 1 aromatic carbocycles. The molecule has 1 aromatic heterocycles. The molecule has 2 N–H and O–H groups in total. The summed E-state index contributed by atoms with van der Waals surface area (Å²) in [6.45, 7) is 3.89. The van der Waals surface area contributed by atoms with Crippen molar-refractivity contribution in [1.29, 1.82) is 0 Å². The van der Waals surface area contributed by atoms with E-state index in [1.54, 1.807) is 0 Å². The lowest BCUT2D eigenvalue weighted by Crippen LogP contribution is -2.16. The van der Waals surface area contributed by atoms with Crippen LogP contribution in [0, 0.1) is 6.92 Å². The maximum absolute atomic E-state index is 11.6. The predicted octanol–water partition coefficient (Wildman–Crippen LogP) is 2.33. The van der Waals surface area contributed by atoms with Crippen molar-refractivity contribution < 1.29 is 4.79 Å². The van der Waals surface area contributed by atoms with Crippen LogP contribution >= 0.6 is 0 Å². The first-order valence-electron chi connectivity index (χ1n) is 6.14. The number of anilines is 2. The molecule has 0 bridgehead atoms. The van der Waals surface area contributed by atoms with Crippen molar-refractivity contribution >= 4 is 17.4 Å². The molecule has 0 fully saturated rings. The summed E-state index contributed by atoms with van der Waals surface area (Å²) in [6.07, 6.45) is 1.53. The first-order valence-corrected chi connectivity index (χ1v) is 6.14. The first kappa shape index (κ1) is 11.6. The Balaban J connectivity index is 1.91. The van der Waals surface area contributed by atoms with Crippen molar-refractivity contribution in [3.8, 4) is 0 Å². The lowest BCUT2D eigenvalue weighted by atomic mass is 10.0. The molecule has 0 spiro atoms. The Morgan fingerprint density at radius 1 is 1.26 bits per heavy atom. The number of benzene rings is 1. The number of fused-ring (bicyclic) bond motifs is 1. The number of amides is 1. The molecule has 0 saturated carbocycles. The van der Waals surface area contributed by atoms with Crippen LogP contribution in [0.5, 0.6) is 0 Å². The standard InChI is InChI=1S/C14H14N4O/c1-8-5-13(16-7-15-8)18-10-3-4-11-12(6-10)9(2)17-14(11)19/h3-7,9H,1-2H3,(H,17,19)(H,15,16,18). The molecule has 0 saturated heterocycles. The molecule has 1 aliphatic rings. The van der Waals surface area contributed by atoms with E-state index in [4.69, 9.17) is 0 Å². The molecule has 19 heavy (non-hydrogen) atoms. The van der Waals surface area contributed by atoms with Crippen LogP contribution in [0.25, 0.3) is 0 Å². The highest BCUT2D eigenvalue weighted by Gasteiger charge is 2.25. The highest BCUT2D eigenvalue weighted by atomic mass is 16.2. The van der Waals surface area contributed by atoms with Gasteiger partial charge in [-0.05, 0) is 37.6 Å². The van der Waals surface area contributed by atoms with E-state index in [0.29, 0.717) is 0 Å². The third-order valence-electron chi connectivity index (χ3n) is 3.19. The average molecular weight is 254 g/mol. The van der Waals surface area contributed by atoms with Crippen LogP contribution in [0.1, 0.15) is 34.6 Å². The van der Waals surface area contributed by atoms with Crippen molar-refractivity contribution in [2.75, 3.05) is 5.32 Å². The molecule has 1 atom stereocenters. The van der Waals surface area contributed by atoms with Gasteiger partial charge >= 0.3 is 0 Å². The van der Waals surface area contributed by atoms with Crippen LogP contribution < -0.4 is 10.6 Å². The van der Waals surface area contributed by atoms with Gasteiger partial charge in [-0.1, -0.05) is 0 Å². The average Bonchev–Trinajstić information content (AvgIpc) is 2.65. The zero-order chi connectivity index (χ0) is 13.4. The van der Waals surface area contributed by atoms with Crippen molar-refractivity contribution in [2.45, 2.75) is 19.9 Å². The van der Waals surface area contributed by atoms with Crippen molar-refractivity contribution in [3.63, 3.8) is 0 Å². The summed E-state index contributed by atoms with van der Waals surface area (Å²) in [5.41, 5.74) is 3.58. The minimum Gasteiger partial charge on any atom is -0.345 e. The van der Waals surface area contributed by atoms with Gasteiger partial charge in [0.25, 0.3) is 5.91 Å². The van der Waals surface area contributed by atoms with E-state index >= 15 is 0 Å². The van der Waals surface area contributed by atoms with Gasteiger partial charge < -0.3 is 10.6 Å². The Morgan fingerprint density at radius 2 is 2.11 bits per heavy atom. The maximum Gasteiger partial charge on any atom is 0.252 e. The van der Waals surface area contributed by atoms with Gasteiger partial charge in [-0.2, -0.15) is 0 Å². The highest BCUT2D eigenvalue weighted by molar-refractivity contribution is 5.99. The van der Waals surface area contributed by atoms with Crippen molar-refractivity contribution in [1.82, 2.24) is 15.3 Å². The molecule has 5 heteroatoms. The van der Waals surface area contributed by atoms with Gasteiger partial charge in [-0.15, -0.1) is 0 Å². The number of nitrogens with zero attached hydrogens (tertiary/aromatic N) is 2. The molecule has 5 nitrogen and oxygen atoms in total. The van der Waals surface area contributed by atoms with Crippen LogP contribution in [0.4, 0.5) is 11.5 Å². The second-order valence-corrected chi connectivity index (χ2v) is 4.67. The minimum atomic E-state index is -0.00747. The Labute approximate surface area is 111 Å². The van der Waals surface area contributed by atoms with Crippen LogP contribution in [0.3, 0.4) is 0 Å². The topological polar surface area (TPSA) is 66.9 Å². The smallest absolute Gasteiger partial charge is 0.252 e. The van der Waals surface area contributed by atoms with E-state index in [9.17, 15) is 4.79 Å². The van der Waals surface area contributed by atoms with Crippen LogP contribution in [-0.2, 0) is 0 Å². The third-order valence-corrected chi connectivity index (χ3v) is 3.19. The van der Waals surface area contributed by atoms with Gasteiger partial charge in [-0.3, -0.25) is 4.79 Å². The number of aryl methyl sites for hydroxylation is 1. The van der Waals surface area contributed by atoms with Crippen LogP contribution in [0.15, 0.2) is 30.6 Å². The van der Waals surface area contributed by atoms with Gasteiger partial charge in [0.15, 0.2) is 0 Å². The zero-order valence-corrected chi connectivity index (χ0v) is 10.8. The lowest BCUT2D eigenvalue weighted by molar-refractivity contribution is 0.0958. The molecular weight excluding hydrogens is 240 g/mol. The number of nitrogens with one attached hydrogen (secondary N) is 2. The third kappa shape index (κ3) is 2.14. The Morgan fingerprint density at radius 3 is 2.89 bits per heavy atom. The summed E-state index contributed by atoms with van der Waals surface area (Å²) >= 11 is 0. The van der Waals surface area contributed by atoms with Crippen LogP contribution in [0.2, 0.25) is 0 Å². The van der Waals surface area contributed by atoms with Crippen molar-refractivity contribution in [3.05, 3.63) is 47.4 Å². The molecule has 2 heterocycles. The lowest BCUT2D eigenvalue weighted by Gasteiger charge is -2.09. The quantitative estimate of drug-likeness (QED) is 0.863. The molecule has 1 unspecified atom stereocenters. The van der Waals surface area contributed by atoms with Gasteiger partial charge in [0, 0.05) is 23.0 Å². The fourth-order valence-corrected chi connectivity index (χ4v) is 2.23.